The lowest BCUT2D eigenvalue weighted by atomic mass is 10.0. The van der Waals surface area contributed by atoms with E-state index in [9.17, 15) is 28.0 Å². The number of benzene rings is 4. The van der Waals surface area contributed by atoms with Crippen LogP contribution < -0.4 is 21.7 Å². The van der Waals surface area contributed by atoms with Crippen molar-refractivity contribution in [3.63, 3.8) is 0 Å². The van der Waals surface area contributed by atoms with E-state index >= 15 is 0 Å². The van der Waals surface area contributed by atoms with E-state index in [2.05, 4.69) is 5.32 Å². The van der Waals surface area contributed by atoms with Crippen molar-refractivity contribution in [3.05, 3.63) is 117 Å². The molecule has 12 nitrogen and oxygen atoms in total. The smallest absolute Gasteiger partial charge is 0.302 e. The van der Waals surface area contributed by atoms with Crippen LogP contribution in [-0.2, 0) is 41.6 Å². The zero-order valence-electron chi connectivity index (χ0n) is 30.6. The summed E-state index contributed by atoms with van der Waals surface area (Å²) >= 11 is 12.2. The first-order valence-electron chi connectivity index (χ1n) is 17.5. The molecule has 1 aromatic heterocycles. The van der Waals surface area contributed by atoms with E-state index in [1.54, 1.807) is 36.4 Å². The van der Waals surface area contributed by atoms with Gasteiger partial charge in [-0.15, -0.1) is 0 Å². The SMILES string of the molecule is CC(=O)OCCN(CCOC(C)=O)c1ccc(-c2nc3cc(C(CC(N)=O)NC(=O)[C@@H](N)Cc4ccc(Cl)c(Cl)c4)ccc3n2Cc2ccc(F)c(F)c2)cc1. The van der Waals surface area contributed by atoms with Crippen LogP contribution in [0.5, 0.6) is 0 Å². The number of nitrogens with two attached hydrogens (primary N) is 2. The van der Waals surface area contributed by atoms with Gasteiger partial charge in [-0.2, -0.15) is 0 Å². The molecule has 5 N–H and O–H groups in total. The number of halogens is 4. The number of esters is 2. The summed E-state index contributed by atoms with van der Waals surface area (Å²) in [6.45, 7) is 3.65. The van der Waals surface area contributed by atoms with Crippen LogP contribution in [0.4, 0.5) is 14.5 Å². The summed E-state index contributed by atoms with van der Waals surface area (Å²) in [5, 5.41) is 3.53. The van der Waals surface area contributed by atoms with Crippen molar-refractivity contribution in [2.75, 3.05) is 31.2 Å². The molecule has 294 valence electrons. The summed E-state index contributed by atoms with van der Waals surface area (Å²) in [6, 6.07) is 19.3. The molecule has 5 aromatic rings. The minimum absolute atomic E-state index is 0.115. The first-order valence-corrected chi connectivity index (χ1v) is 18.3. The second kappa shape index (κ2) is 18.8. The third-order valence-electron chi connectivity index (χ3n) is 8.82. The van der Waals surface area contributed by atoms with E-state index in [1.165, 1.54) is 19.9 Å². The molecule has 0 spiro atoms. The normalized spacial score (nSPS) is 12.2. The first-order chi connectivity index (χ1) is 26.7. The maximum Gasteiger partial charge on any atom is 0.302 e. The number of hydrogen-bond donors (Lipinski definition) is 3. The number of carbonyl (C=O) groups excluding carboxylic acids is 4. The molecule has 4 aromatic carbocycles. The van der Waals surface area contributed by atoms with E-state index in [-0.39, 0.29) is 32.6 Å². The number of primary amides is 1. The molecule has 0 bridgehead atoms. The number of fused-ring (bicyclic) bond motifs is 1. The van der Waals surface area contributed by atoms with Crippen molar-refractivity contribution < 1.29 is 37.4 Å². The van der Waals surface area contributed by atoms with E-state index in [0.717, 1.165) is 17.8 Å². The number of carbonyl (C=O) groups is 4. The third kappa shape index (κ3) is 11.0. The summed E-state index contributed by atoms with van der Waals surface area (Å²) < 4.78 is 40.3. The van der Waals surface area contributed by atoms with Crippen molar-refractivity contribution in [2.24, 2.45) is 11.5 Å². The zero-order chi connectivity index (χ0) is 40.5. The average Bonchev–Trinajstić information content (AvgIpc) is 3.50. The van der Waals surface area contributed by atoms with Gasteiger partial charge in [-0.3, -0.25) is 19.2 Å². The van der Waals surface area contributed by atoms with Gasteiger partial charge in [0.2, 0.25) is 11.8 Å². The van der Waals surface area contributed by atoms with Gasteiger partial charge in [0.15, 0.2) is 11.6 Å². The lowest BCUT2D eigenvalue weighted by Crippen LogP contribution is -2.44. The molecule has 0 saturated carbocycles. The molecule has 1 heterocycles. The molecule has 16 heteroatoms. The van der Waals surface area contributed by atoms with Crippen LogP contribution in [0.15, 0.2) is 78.9 Å². The van der Waals surface area contributed by atoms with Crippen molar-refractivity contribution in [3.8, 4) is 11.4 Å². The van der Waals surface area contributed by atoms with Crippen LogP contribution >= 0.6 is 23.2 Å². The molecule has 0 aliphatic heterocycles. The second-order valence-electron chi connectivity index (χ2n) is 13.0. The van der Waals surface area contributed by atoms with Gasteiger partial charge in [-0.1, -0.05) is 41.4 Å². The van der Waals surface area contributed by atoms with Crippen molar-refractivity contribution in [2.45, 2.75) is 45.3 Å². The molecule has 2 amide bonds. The zero-order valence-corrected chi connectivity index (χ0v) is 32.1. The van der Waals surface area contributed by atoms with Gasteiger partial charge in [0, 0.05) is 31.6 Å². The van der Waals surface area contributed by atoms with Gasteiger partial charge in [0.25, 0.3) is 0 Å². The van der Waals surface area contributed by atoms with Crippen molar-refractivity contribution >= 4 is 63.7 Å². The lowest BCUT2D eigenvalue weighted by molar-refractivity contribution is -0.141. The van der Waals surface area contributed by atoms with E-state index in [0.29, 0.717) is 62.2 Å². The standard InChI is InChI=1S/C40H40Cl2F2N6O6/c1-23(51)55-15-13-49(14-16-56-24(2)52)29-8-5-27(6-9-29)39-47-36-20-28(7-12-37(36)50(39)22-26-4-11-32(43)33(44)18-26)35(21-38(46)53)48-40(54)34(45)19-25-3-10-30(41)31(42)17-25/h3-12,17-18,20,34-35H,13-16,19,21-22,45H2,1-2H3,(H2,46,53)(H,48,54)/t34-,35?/m0/s1. The Morgan fingerprint density at radius 3 is 2.11 bits per heavy atom. The van der Waals surface area contributed by atoms with Crippen LogP contribution in [0.2, 0.25) is 10.0 Å². The van der Waals surface area contributed by atoms with E-state index in [4.69, 9.17) is 49.1 Å². The fourth-order valence-electron chi connectivity index (χ4n) is 6.10. The predicted octanol–water partition coefficient (Wildman–Crippen LogP) is 5.87. The topological polar surface area (TPSA) is 172 Å². The molecule has 0 fully saturated rings. The number of imidazole rings is 1. The maximum atomic E-state index is 14.3. The number of hydrogen-bond acceptors (Lipinski definition) is 9. The lowest BCUT2D eigenvalue weighted by Gasteiger charge is -2.24. The van der Waals surface area contributed by atoms with Gasteiger partial charge >= 0.3 is 11.9 Å². The number of nitrogens with one attached hydrogen (secondary N) is 1. The number of rotatable bonds is 17. The van der Waals surface area contributed by atoms with Gasteiger partial charge < -0.3 is 35.7 Å². The quantitative estimate of drug-likeness (QED) is 0.0972. The van der Waals surface area contributed by atoms with Gasteiger partial charge in [-0.05, 0) is 83.8 Å². The number of aromatic nitrogens is 2. The molecule has 1 unspecified atom stereocenters. The van der Waals surface area contributed by atoms with Crippen LogP contribution in [0.1, 0.15) is 43.0 Å². The fraction of sp³-hybridized carbons (Fsp3) is 0.275. The Kier molecular flexibility index (Phi) is 14.0. The Morgan fingerprint density at radius 2 is 1.50 bits per heavy atom. The van der Waals surface area contributed by atoms with Crippen LogP contribution in [-0.4, -0.2) is 65.6 Å². The van der Waals surface area contributed by atoms with E-state index in [1.807, 2.05) is 33.7 Å². The van der Waals surface area contributed by atoms with Gasteiger partial charge in [-0.25, -0.2) is 13.8 Å². The second-order valence-corrected chi connectivity index (χ2v) is 13.8. The Hall–Kier alpha value is -5.57. The largest absolute Gasteiger partial charge is 0.464 e. The molecule has 2 atom stereocenters. The summed E-state index contributed by atoms with van der Waals surface area (Å²) in [5.74, 6) is -3.51. The summed E-state index contributed by atoms with van der Waals surface area (Å²) in [4.78, 5) is 55.1. The van der Waals surface area contributed by atoms with Crippen LogP contribution in [0, 0.1) is 11.6 Å². The molecule has 56 heavy (non-hydrogen) atoms. The number of ether oxygens (including phenoxy) is 2. The van der Waals surface area contributed by atoms with Crippen LogP contribution in [0.3, 0.4) is 0 Å². The first kappa shape index (κ1) is 41.6. The van der Waals surface area contributed by atoms with Gasteiger partial charge in [0.05, 0.1) is 52.7 Å². The molecule has 0 aliphatic carbocycles. The maximum absolute atomic E-state index is 14.3. The molecule has 0 radical (unpaired) electrons. The average molecular weight is 810 g/mol. The monoisotopic (exact) mass is 808 g/mol. The molecule has 5 rings (SSSR count). The Balaban J connectivity index is 1.48. The van der Waals surface area contributed by atoms with Crippen molar-refractivity contribution in [1.29, 1.82) is 0 Å². The minimum atomic E-state index is -0.995. The predicted molar refractivity (Wildman–Crippen MR) is 209 cm³/mol. The Bertz CT molecular complexity index is 2220. The Labute approximate surface area is 331 Å². The fourth-order valence-corrected chi connectivity index (χ4v) is 6.42. The summed E-state index contributed by atoms with van der Waals surface area (Å²) in [7, 11) is 0. The van der Waals surface area contributed by atoms with Gasteiger partial charge in [0.1, 0.15) is 19.0 Å². The highest BCUT2D eigenvalue weighted by atomic mass is 35.5. The highest BCUT2D eigenvalue weighted by Crippen LogP contribution is 2.31. The number of anilines is 1. The minimum Gasteiger partial charge on any atom is -0.464 e. The molecular formula is C40H40Cl2F2N6O6. The molecule has 0 saturated heterocycles. The molecule has 0 aliphatic rings. The highest BCUT2D eigenvalue weighted by Gasteiger charge is 2.24. The van der Waals surface area contributed by atoms with Crippen molar-refractivity contribution in [1.82, 2.24) is 14.9 Å². The highest BCUT2D eigenvalue weighted by molar-refractivity contribution is 6.42. The summed E-state index contributed by atoms with van der Waals surface area (Å²) in [6.07, 6.45) is -0.0796. The number of nitrogens with zero attached hydrogens (tertiary/aromatic N) is 3. The molecular weight excluding hydrogens is 769 g/mol. The van der Waals surface area contributed by atoms with Crippen LogP contribution in [0.25, 0.3) is 22.4 Å². The van der Waals surface area contributed by atoms with E-state index < -0.39 is 47.5 Å². The number of amides is 2. The Morgan fingerprint density at radius 1 is 0.839 bits per heavy atom. The summed E-state index contributed by atoms with van der Waals surface area (Å²) in [5.41, 5.74) is 16.1. The third-order valence-corrected chi connectivity index (χ3v) is 9.56.